The number of hydrogen-bond acceptors (Lipinski definition) is 7. The minimum Gasteiger partial charge on any atom is -0.507 e. The normalized spacial score (nSPS) is 25.0. The van der Waals surface area contributed by atoms with Crippen LogP contribution in [0.15, 0.2) is 42.0 Å². The highest BCUT2D eigenvalue weighted by atomic mass is 16.5. The number of carbonyl (C=O) groups is 2. The van der Waals surface area contributed by atoms with Gasteiger partial charge in [0, 0.05) is 36.8 Å². The lowest BCUT2D eigenvalue weighted by molar-refractivity contribution is -0.140. The largest absolute Gasteiger partial charge is 0.507 e. The summed E-state index contributed by atoms with van der Waals surface area (Å²) in [6, 6.07) is 9.71. The van der Waals surface area contributed by atoms with Crippen LogP contribution >= 0.6 is 0 Å². The number of methoxy groups -OCH3 is 2. The van der Waals surface area contributed by atoms with Crippen molar-refractivity contribution in [1.82, 2.24) is 4.90 Å². The number of aliphatic hydroxyl groups is 1. The number of likely N-dealkylation sites (tertiary alicyclic amines) is 1. The molecular formula is C27H29NO7. The number of ether oxygens (including phenoxy) is 4. The highest BCUT2D eigenvalue weighted by Gasteiger charge is 2.48. The Morgan fingerprint density at radius 3 is 2.69 bits per heavy atom. The van der Waals surface area contributed by atoms with E-state index in [0.29, 0.717) is 35.7 Å². The van der Waals surface area contributed by atoms with Crippen LogP contribution in [-0.2, 0) is 20.7 Å². The molecule has 2 aromatic rings. The smallest absolute Gasteiger partial charge is 0.295 e. The topological polar surface area (TPSA) is 94.5 Å². The highest BCUT2D eigenvalue weighted by Crippen LogP contribution is 2.44. The first kappa shape index (κ1) is 23.2. The Balaban J connectivity index is 1.64. The molecule has 0 aliphatic carbocycles. The second kappa shape index (κ2) is 9.26. The van der Waals surface area contributed by atoms with Gasteiger partial charge in [0.15, 0.2) is 0 Å². The van der Waals surface area contributed by atoms with E-state index in [9.17, 15) is 14.7 Å². The lowest BCUT2D eigenvalue weighted by Gasteiger charge is -2.28. The molecule has 5 rings (SSSR count). The second-order valence-corrected chi connectivity index (χ2v) is 9.15. The van der Waals surface area contributed by atoms with Gasteiger partial charge in [-0.1, -0.05) is 0 Å². The molecule has 0 radical (unpaired) electrons. The zero-order valence-electron chi connectivity index (χ0n) is 20.1. The van der Waals surface area contributed by atoms with Gasteiger partial charge in [-0.25, -0.2) is 0 Å². The van der Waals surface area contributed by atoms with Crippen LogP contribution in [0.4, 0.5) is 0 Å². The maximum atomic E-state index is 13.4. The van der Waals surface area contributed by atoms with Crippen LogP contribution in [0.25, 0.3) is 5.76 Å². The van der Waals surface area contributed by atoms with Crippen molar-refractivity contribution in [2.45, 2.75) is 44.4 Å². The van der Waals surface area contributed by atoms with Crippen LogP contribution < -0.4 is 14.2 Å². The molecule has 0 saturated carbocycles. The van der Waals surface area contributed by atoms with Crippen LogP contribution in [0, 0.1) is 0 Å². The monoisotopic (exact) mass is 479 g/mol. The van der Waals surface area contributed by atoms with E-state index in [0.717, 1.165) is 24.2 Å². The third kappa shape index (κ3) is 4.12. The van der Waals surface area contributed by atoms with E-state index in [1.807, 2.05) is 13.0 Å². The van der Waals surface area contributed by atoms with Crippen LogP contribution in [0.3, 0.4) is 0 Å². The summed E-state index contributed by atoms with van der Waals surface area (Å²) in [5, 5.41) is 11.4. The Labute approximate surface area is 204 Å². The first-order chi connectivity index (χ1) is 16.9. The Bertz CT molecular complexity index is 1200. The molecule has 1 amide bonds. The minimum atomic E-state index is -0.830. The fraction of sp³-hybridized carbons (Fsp3) is 0.407. The summed E-state index contributed by atoms with van der Waals surface area (Å²) in [4.78, 5) is 28.1. The zero-order valence-corrected chi connectivity index (χ0v) is 20.1. The lowest BCUT2D eigenvalue weighted by Crippen LogP contribution is -2.36. The molecule has 0 bridgehead atoms. The first-order valence-corrected chi connectivity index (χ1v) is 11.8. The number of amides is 1. The van der Waals surface area contributed by atoms with Crippen LogP contribution in [0.1, 0.15) is 42.5 Å². The summed E-state index contributed by atoms with van der Waals surface area (Å²) < 4.78 is 22.5. The number of Topliss-reactive ketones (excluding diaryl/α,β-unsaturated/α-hetero) is 1. The summed E-state index contributed by atoms with van der Waals surface area (Å²) in [6.45, 7) is 2.85. The fourth-order valence-electron chi connectivity index (χ4n) is 5.17. The lowest BCUT2D eigenvalue weighted by atomic mass is 9.93. The number of nitrogens with zero attached hydrogens (tertiary/aromatic N) is 1. The maximum absolute atomic E-state index is 13.4. The number of ketones is 1. The predicted octanol–water partition coefficient (Wildman–Crippen LogP) is 3.63. The van der Waals surface area contributed by atoms with E-state index in [2.05, 4.69) is 0 Å². The molecule has 2 fully saturated rings. The molecule has 0 spiro atoms. The molecule has 8 nitrogen and oxygen atoms in total. The van der Waals surface area contributed by atoms with E-state index in [1.165, 1.54) is 12.0 Å². The van der Waals surface area contributed by atoms with E-state index in [-0.39, 0.29) is 30.1 Å². The van der Waals surface area contributed by atoms with Crippen molar-refractivity contribution in [2.75, 3.05) is 27.4 Å². The van der Waals surface area contributed by atoms with Gasteiger partial charge in [-0.15, -0.1) is 0 Å². The molecule has 2 aromatic carbocycles. The number of fused-ring (bicyclic) bond motifs is 1. The van der Waals surface area contributed by atoms with E-state index in [4.69, 9.17) is 18.9 Å². The second-order valence-electron chi connectivity index (χ2n) is 9.15. The van der Waals surface area contributed by atoms with Gasteiger partial charge < -0.3 is 29.0 Å². The third-order valence-corrected chi connectivity index (χ3v) is 6.87. The average Bonchev–Trinajstić information content (AvgIpc) is 3.57. The van der Waals surface area contributed by atoms with Gasteiger partial charge in [0.1, 0.15) is 29.1 Å². The van der Waals surface area contributed by atoms with Gasteiger partial charge in [0.2, 0.25) is 0 Å². The van der Waals surface area contributed by atoms with Gasteiger partial charge in [0.05, 0.1) is 31.9 Å². The molecule has 2 saturated heterocycles. The first-order valence-electron chi connectivity index (χ1n) is 11.8. The zero-order chi connectivity index (χ0) is 24.7. The van der Waals surface area contributed by atoms with Gasteiger partial charge in [0.25, 0.3) is 11.7 Å². The summed E-state index contributed by atoms with van der Waals surface area (Å²) in [5.41, 5.74) is 2.04. The van der Waals surface area contributed by atoms with E-state index in [1.54, 1.807) is 37.4 Å². The van der Waals surface area contributed by atoms with Crippen molar-refractivity contribution in [3.8, 4) is 17.2 Å². The van der Waals surface area contributed by atoms with Crippen molar-refractivity contribution in [2.24, 2.45) is 0 Å². The van der Waals surface area contributed by atoms with Crippen LogP contribution in [0.2, 0.25) is 0 Å². The fourth-order valence-corrected chi connectivity index (χ4v) is 5.17. The molecule has 3 aliphatic rings. The van der Waals surface area contributed by atoms with Crippen molar-refractivity contribution >= 4 is 17.4 Å². The average molecular weight is 480 g/mol. The van der Waals surface area contributed by atoms with Crippen molar-refractivity contribution in [1.29, 1.82) is 0 Å². The Morgan fingerprint density at radius 1 is 1.14 bits per heavy atom. The quantitative estimate of drug-likeness (QED) is 0.384. The Kier molecular flexibility index (Phi) is 6.15. The maximum Gasteiger partial charge on any atom is 0.295 e. The summed E-state index contributed by atoms with van der Waals surface area (Å²) in [7, 11) is 3.07. The molecule has 1 N–H and O–H groups in total. The summed E-state index contributed by atoms with van der Waals surface area (Å²) >= 11 is 0. The van der Waals surface area contributed by atoms with Crippen LogP contribution in [-0.4, -0.2) is 61.3 Å². The Hall–Kier alpha value is -3.52. The van der Waals surface area contributed by atoms with Gasteiger partial charge >= 0.3 is 0 Å². The number of benzene rings is 2. The molecule has 0 unspecified atom stereocenters. The molecule has 8 heteroatoms. The standard InChI is InChI=1S/C27H29NO7/c1-15-11-17-12-16(6-9-21(17)35-15)25(29)23-24(20-8-7-18(32-2)13-22(20)33-3)28(27(31)26(23)30)14-19-5-4-10-34-19/h6-9,12-13,15,19,24,29H,4-5,10-11,14H2,1-3H3/t15-,19-,24-/m0/s1. The van der Waals surface area contributed by atoms with Crippen molar-refractivity contribution in [3.05, 3.63) is 58.7 Å². The van der Waals surface area contributed by atoms with Crippen LogP contribution in [0.5, 0.6) is 17.2 Å². The molecule has 3 heterocycles. The summed E-state index contributed by atoms with van der Waals surface area (Å²) in [6.07, 6.45) is 2.29. The SMILES string of the molecule is COc1ccc([C@H]2C(=C(O)c3ccc4c(c3)C[C@H](C)O4)C(=O)C(=O)N2C[C@@H]2CCCO2)c(OC)c1. The number of carbonyl (C=O) groups excluding carboxylic acids is 2. The van der Waals surface area contributed by atoms with E-state index >= 15 is 0 Å². The number of hydrogen-bond donors (Lipinski definition) is 1. The number of aliphatic hydroxyl groups excluding tert-OH is 1. The molecule has 3 atom stereocenters. The van der Waals surface area contributed by atoms with Gasteiger partial charge in [-0.05, 0) is 55.7 Å². The molecule has 184 valence electrons. The molecule has 35 heavy (non-hydrogen) atoms. The summed E-state index contributed by atoms with van der Waals surface area (Å²) in [5.74, 6) is 0.186. The highest BCUT2D eigenvalue weighted by molar-refractivity contribution is 6.46. The molecule has 3 aliphatic heterocycles. The molecular weight excluding hydrogens is 450 g/mol. The van der Waals surface area contributed by atoms with Crippen molar-refractivity contribution < 1.29 is 33.6 Å². The predicted molar refractivity (Wildman–Crippen MR) is 128 cm³/mol. The third-order valence-electron chi connectivity index (χ3n) is 6.87. The minimum absolute atomic E-state index is 0.0309. The number of rotatable bonds is 6. The van der Waals surface area contributed by atoms with E-state index < -0.39 is 17.7 Å². The Morgan fingerprint density at radius 2 is 1.97 bits per heavy atom. The van der Waals surface area contributed by atoms with Gasteiger partial charge in [-0.3, -0.25) is 9.59 Å². The van der Waals surface area contributed by atoms with Gasteiger partial charge in [-0.2, -0.15) is 0 Å². The van der Waals surface area contributed by atoms with Crippen molar-refractivity contribution in [3.63, 3.8) is 0 Å². The molecule has 0 aromatic heterocycles.